The lowest BCUT2D eigenvalue weighted by Gasteiger charge is -2.17. The summed E-state index contributed by atoms with van der Waals surface area (Å²) in [6, 6.07) is 13.3. The van der Waals surface area contributed by atoms with Gasteiger partial charge in [-0.05, 0) is 24.6 Å². The SMILES string of the molecule is CCOC(=O)C1=C(c2cc(OC)c(OC)c(OC)c2)OC(c2ccccc2)C1. The van der Waals surface area contributed by atoms with E-state index in [2.05, 4.69) is 0 Å². The molecule has 6 heteroatoms. The smallest absolute Gasteiger partial charge is 0.337 e. The van der Waals surface area contributed by atoms with Crippen LogP contribution >= 0.6 is 0 Å². The van der Waals surface area contributed by atoms with E-state index in [1.807, 2.05) is 30.3 Å². The number of rotatable bonds is 7. The maximum atomic E-state index is 12.6. The predicted octanol–water partition coefficient (Wildman–Crippen LogP) is 4.15. The molecule has 0 bridgehead atoms. The van der Waals surface area contributed by atoms with E-state index in [9.17, 15) is 4.79 Å². The summed E-state index contributed by atoms with van der Waals surface area (Å²) in [5.74, 6) is 1.53. The highest BCUT2D eigenvalue weighted by atomic mass is 16.5. The molecule has 0 amide bonds. The fourth-order valence-corrected chi connectivity index (χ4v) is 3.24. The van der Waals surface area contributed by atoms with Crippen LogP contribution in [0.5, 0.6) is 17.2 Å². The third-order valence-corrected chi connectivity index (χ3v) is 4.54. The topological polar surface area (TPSA) is 63.2 Å². The second kappa shape index (κ2) is 8.69. The standard InChI is InChI=1S/C22H24O6/c1-5-27-22(23)16-13-17(14-9-7-6-8-10-14)28-20(16)15-11-18(24-2)21(26-4)19(12-15)25-3/h6-12,17H,5,13H2,1-4H3. The lowest BCUT2D eigenvalue weighted by Crippen LogP contribution is -2.08. The molecule has 3 rings (SSSR count). The molecule has 0 spiro atoms. The van der Waals surface area contributed by atoms with Crippen LogP contribution < -0.4 is 14.2 Å². The van der Waals surface area contributed by atoms with E-state index >= 15 is 0 Å². The Morgan fingerprint density at radius 2 is 1.68 bits per heavy atom. The molecule has 1 heterocycles. The number of esters is 1. The summed E-state index contributed by atoms with van der Waals surface area (Å²) in [6.07, 6.45) is 0.157. The normalized spacial score (nSPS) is 15.8. The van der Waals surface area contributed by atoms with Gasteiger partial charge >= 0.3 is 5.97 Å². The van der Waals surface area contributed by atoms with E-state index in [1.54, 1.807) is 40.4 Å². The average Bonchev–Trinajstić information content (AvgIpc) is 3.19. The van der Waals surface area contributed by atoms with Crippen LogP contribution in [-0.4, -0.2) is 33.9 Å². The van der Waals surface area contributed by atoms with Crippen molar-refractivity contribution in [3.8, 4) is 17.2 Å². The minimum atomic E-state index is -0.385. The van der Waals surface area contributed by atoms with E-state index in [-0.39, 0.29) is 12.1 Å². The number of hydrogen-bond acceptors (Lipinski definition) is 6. The van der Waals surface area contributed by atoms with E-state index in [4.69, 9.17) is 23.7 Å². The molecule has 0 N–H and O–H groups in total. The highest BCUT2D eigenvalue weighted by molar-refractivity contribution is 5.97. The first-order valence-electron chi connectivity index (χ1n) is 9.05. The van der Waals surface area contributed by atoms with Crippen molar-refractivity contribution in [2.24, 2.45) is 0 Å². The van der Waals surface area contributed by atoms with Gasteiger partial charge in [0.25, 0.3) is 0 Å². The van der Waals surface area contributed by atoms with Crippen LogP contribution in [-0.2, 0) is 14.3 Å². The van der Waals surface area contributed by atoms with Crippen molar-refractivity contribution < 1.29 is 28.5 Å². The second-order valence-electron chi connectivity index (χ2n) is 6.16. The number of carbonyl (C=O) groups excluding carboxylic acids is 1. The Morgan fingerprint density at radius 3 is 2.21 bits per heavy atom. The Labute approximate surface area is 164 Å². The van der Waals surface area contributed by atoms with Crippen LogP contribution in [0.2, 0.25) is 0 Å². The third-order valence-electron chi connectivity index (χ3n) is 4.54. The highest BCUT2D eigenvalue weighted by Crippen LogP contribution is 2.45. The minimum absolute atomic E-state index is 0.269. The number of carbonyl (C=O) groups is 1. The molecular formula is C22H24O6. The Balaban J connectivity index is 2.07. The van der Waals surface area contributed by atoms with Gasteiger partial charge in [0, 0.05) is 12.0 Å². The molecule has 1 unspecified atom stereocenters. The van der Waals surface area contributed by atoms with Crippen LogP contribution in [0.3, 0.4) is 0 Å². The van der Waals surface area contributed by atoms with Gasteiger partial charge in [0.1, 0.15) is 11.9 Å². The summed E-state index contributed by atoms with van der Waals surface area (Å²) in [5, 5.41) is 0. The summed E-state index contributed by atoms with van der Waals surface area (Å²) in [5.41, 5.74) is 2.15. The molecule has 1 aliphatic rings. The lowest BCUT2D eigenvalue weighted by atomic mass is 10.0. The molecule has 0 aromatic heterocycles. The molecule has 0 saturated heterocycles. The van der Waals surface area contributed by atoms with E-state index in [1.165, 1.54) is 0 Å². The van der Waals surface area contributed by atoms with Crippen LogP contribution in [0.4, 0.5) is 0 Å². The Bertz CT molecular complexity index is 847. The molecule has 0 saturated carbocycles. The van der Waals surface area contributed by atoms with Crippen LogP contribution in [0.25, 0.3) is 5.76 Å². The Kier molecular flexibility index (Phi) is 6.09. The second-order valence-corrected chi connectivity index (χ2v) is 6.16. The maximum Gasteiger partial charge on any atom is 0.337 e. The van der Waals surface area contributed by atoms with E-state index in [0.717, 1.165) is 5.56 Å². The van der Waals surface area contributed by atoms with Gasteiger partial charge in [0.05, 0.1) is 33.5 Å². The van der Waals surface area contributed by atoms with Crippen LogP contribution in [0.15, 0.2) is 48.0 Å². The van der Waals surface area contributed by atoms with Gasteiger partial charge in [-0.1, -0.05) is 30.3 Å². The average molecular weight is 384 g/mol. The fraction of sp³-hybridized carbons (Fsp3) is 0.318. The van der Waals surface area contributed by atoms with Crippen molar-refractivity contribution in [2.75, 3.05) is 27.9 Å². The summed E-state index contributed by atoms with van der Waals surface area (Å²) in [4.78, 5) is 12.6. The Hall–Kier alpha value is -3.15. The van der Waals surface area contributed by atoms with Gasteiger partial charge in [-0.2, -0.15) is 0 Å². The number of hydrogen-bond donors (Lipinski definition) is 0. The Morgan fingerprint density at radius 1 is 1.04 bits per heavy atom. The molecule has 1 atom stereocenters. The largest absolute Gasteiger partial charge is 0.493 e. The summed E-state index contributed by atoms with van der Waals surface area (Å²) >= 11 is 0. The number of benzene rings is 2. The lowest BCUT2D eigenvalue weighted by molar-refractivity contribution is -0.138. The number of ether oxygens (including phenoxy) is 5. The van der Waals surface area contributed by atoms with Gasteiger partial charge in [0.15, 0.2) is 11.5 Å². The van der Waals surface area contributed by atoms with Crippen molar-refractivity contribution in [1.82, 2.24) is 0 Å². The minimum Gasteiger partial charge on any atom is -0.493 e. The van der Waals surface area contributed by atoms with Crippen molar-refractivity contribution in [3.05, 3.63) is 59.2 Å². The molecular weight excluding hydrogens is 360 g/mol. The maximum absolute atomic E-state index is 12.6. The van der Waals surface area contributed by atoms with E-state index in [0.29, 0.717) is 47.2 Å². The summed E-state index contributed by atoms with van der Waals surface area (Å²) in [7, 11) is 4.63. The van der Waals surface area contributed by atoms with Gasteiger partial charge in [-0.3, -0.25) is 0 Å². The molecule has 0 radical (unpaired) electrons. The van der Waals surface area contributed by atoms with Crippen molar-refractivity contribution in [1.29, 1.82) is 0 Å². The van der Waals surface area contributed by atoms with E-state index < -0.39 is 0 Å². The molecule has 0 fully saturated rings. The molecule has 28 heavy (non-hydrogen) atoms. The van der Waals surface area contributed by atoms with Crippen molar-refractivity contribution >= 4 is 11.7 Å². The van der Waals surface area contributed by atoms with Crippen LogP contribution in [0.1, 0.15) is 30.6 Å². The zero-order valence-corrected chi connectivity index (χ0v) is 16.5. The molecule has 2 aromatic rings. The quantitative estimate of drug-likeness (QED) is 0.669. The monoisotopic (exact) mass is 384 g/mol. The fourth-order valence-electron chi connectivity index (χ4n) is 3.24. The van der Waals surface area contributed by atoms with Gasteiger partial charge < -0.3 is 23.7 Å². The first kappa shape index (κ1) is 19.6. The molecule has 6 nitrogen and oxygen atoms in total. The molecule has 148 valence electrons. The van der Waals surface area contributed by atoms with Crippen LogP contribution in [0, 0.1) is 0 Å². The first-order valence-corrected chi connectivity index (χ1v) is 9.05. The van der Waals surface area contributed by atoms with Gasteiger partial charge in [0.2, 0.25) is 5.75 Å². The first-order chi connectivity index (χ1) is 13.6. The zero-order valence-electron chi connectivity index (χ0n) is 16.5. The molecule has 0 aliphatic carbocycles. The predicted molar refractivity (Wildman–Crippen MR) is 105 cm³/mol. The molecule has 1 aliphatic heterocycles. The van der Waals surface area contributed by atoms with Crippen molar-refractivity contribution in [2.45, 2.75) is 19.4 Å². The number of methoxy groups -OCH3 is 3. The van der Waals surface area contributed by atoms with Gasteiger partial charge in [-0.15, -0.1) is 0 Å². The molecule has 2 aromatic carbocycles. The van der Waals surface area contributed by atoms with Crippen molar-refractivity contribution in [3.63, 3.8) is 0 Å². The summed E-state index contributed by atoms with van der Waals surface area (Å²) in [6.45, 7) is 2.07. The third kappa shape index (κ3) is 3.76. The zero-order chi connectivity index (χ0) is 20.1. The highest BCUT2D eigenvalue weighted by Gasteiger charge is 2.33. The summed E-state index contributed by atoms with van der Waals surface area (Å²) < 4.78 is 27.7. The van der Waals surface area contributed by atoms with Gasteiger partial charge in [-0.25, -0.2) is 4.79 Å².